The third kappa shape index (κ3) is 5.53. The van der Waals surface area contributed by atoms with Crippen LogP contribution in [0.4, 0.5) is 11.4 Å². The maximum Gasteiger partial charge on any atom is 0.234 e. The van der Waals surface area contributed by atoms with Crippen LogP contribution in [0.5, 0.6) is 0 Å². The third-order valence-corrected chi connectivity index (χ3v) is 5.90. The molecule has 3 rings (SSSR count). The highest BCUT2D eigenvalue weighted by atomic mass is 15.3. The molecule has 0 unspecified atom stereocenters. The molecule has 0 bridgehead atoms. The van der Waals surface area contributed by atoms with Gasteiger partial charge in [-0.2, -0.15) is 0 Å². The van der Waals surface area contributed by atoms with E-state index in [1.807, 2.05) is 0 Å². The van der Waals surface area contributed by atoms with Crippen molar-refractivity contribution in [2.45, 2.75) is 40.8 Å². The summed E-state index contributed by atoms with van der Waals surface area (Å²) < 4.78 is 2.43. The first kappa shape index (κ1) is 21.2. The van der Waals surface area contributed by atoms with Gasteiger partial charge in [-0.15, -0.1) is 0 Å². The van der Waals surface area contributed by atoms with E-state index in [1.165, 1.54) is 22.5 Å². The monoisotopic (exact) mass is 393 g/mol. The molecule has 29 heavy (non-hydrogen) atoms. The lowest BCUT2D eigenvalue weighted by molar-refractivity contribution is -0.530. The van der Waals surface area contributed by atoms with Gasteiger partial charge in [-0.05, 0) is 63.1 Å². The Bertz CT molecular complexity index is 771. The quantitative estimate of drug-likeness (QED) is 0.554. The Labute approximate surface area is 177 Å². The Balaban J connectivity index is 1.56. The second-order valence-corrected chi connectivity index (χ2v) is 7.73. The topological polar surface area (TPSA) is 12.7 Å². The van der Waals surface area contributed by atoms with E-state index < -0.39 is 0 Å². The smallest absolute Gasteiger partial charge is 0.234 e. The van der Waals surface area contributed by atoms with E-state index in [4.69, 9.17) is 0 Å². The lowest BCUT2D eigenvalue weighted by atomic mass is 10.2. The third-order valence-electron chi connectivity index (χ3n) is 5.90. The summed E-state index contributed by atoms with van der Waals surface area (Å²) in [6, 6.07) is 18.1. The first-order chi connectivity index (χ1) is 14.2. The molecule has 0 radical (unpaired) electrons. The highest BCUT2D eigenvalue weighted by molar-refractivity contribution is 5.52. The molecule has 1 aliphatic rings. The van der Waals surface area contributed by atoms with Gasteiger partial charge in [0.1, 0.15) is 26.2 Å². The van der Waals surface area contributed by atoms with Crippen LogP contribution in [0.15, 0.2) is 48.5 Å². The molecule has 0 N–H and O–H groups in total. The number of hydrogen-bond acceptors (Lipinski definition) is 3. The summed E-state index contributed by atoms with van der Waals surface area (Å²) >= 11 is 0. The Morgan fingerprint density at radius 1 is 0.724 bits per heavy atom. The zero-order valence-electron chi connectivity index (χ0n) is 18.6. The summed E-state index contributed by atoms with van der Waals surface area (Å²) in [6.45, 7) is 17.2. The summed E-state index contributed by atoms with van der Waals surface area (Å²) in [5.41, 5.74) is 5.39. The van der Waals surface area contributed by atoms with E-state index >= 15 is 0 Å². The van der Waals surface area contributed by atoms with Gasteiger partial charge in [0.15, 0.2) is 0 Å². The summed E-state index contributed by atoms with van der Waals surface area (Å²) in [5.74, 6) is 0. The highest BCUT2D eigenvalue weighted by Crippen LogP contribution is 2.18. The molecule has 4 heteroatoms. The number of nitrogens with zero attached hydrogens (tertiary/aromatic N) is 4. The molecule has 0 amide bonds. The lowest BCUT2D eigenvalue weighted by Gasteiger charge is -2.21. The van der Waals surface area contributed by atoms with Crippen LogP contribution in [-0.2, 0) is 13.1 Å². The van der Waals surface area contributed by atoms with Gasteiger partial charge < -0.3 is 9.80 Å². The van der Waals surface area contributed by atoms with Gasteiger partial charge >= 0.3 is 0 Å². The normalized spacial score (nSPS) is 13.5. The Morgan fingerprint density at radius 2 is 1.21 bits per heavy atom. The lowest BCUT2D eigenvalue weighted by Crippen LogP contribution is -2.22. The molecule has 0 spiro atoms. The fourth-order valence-electron chi connectivity index (χ4n) is 4.11. The molecule has 0 aromatic heterocycles. The average molecular weight is 394 g/mol. The van der Waals surface area contributed by atoms with Crippen LogP contribution in [-0.4, -0.2) is 55.1 Å². The molecule has 2 aromatic carbocycles. The average Bonchev–Trinajstić information content (AvgIpc) is 3.19. The number of rotatable bonds is 10. The van der Waals surface area contributed by atoms with Crippen LogP contribution in [0.25, 0.3) is 0 Å². The molecular formula is C25H37N4+. The predicted molar refractivity (Wildman–Crippen MR) is 125 cm³/mol. The van der Waals surface area contributed by atoms with Gasteiger partial charge in [0, 0.05) is 37.6 Å². The van der Waals surface area contributed by atoms with Crippen LogP contribution >= 0.6 is 0 Å². The molecule has 156 valence electrons. The summed E-state index contributed by atoms with van der Waals surface area (Å²) in [5, 5.41) is 0. The van der Waals surface area contributed by atoms with Crippen molar-refractivity contribution in [2.75, 3.05) is 49.1 Å². The zero-order valence-corrected chi connectivity index (χ0v) is 18.6. The van der Waals surface area contributed by atoms with E-state index in [2.05, 4.69) is 102 Å². The molecule has 1 aliphatic heterocycles. The molecule has 0 saturated carbocycles. The summed E-state index contributed by atoms with van der Waals surface area (Å²) in [6.07, 6.45) is 2.30. The van der Waals surface area contributed by atoms with E-state index in [1.54, 1.807) is 0 Å². The van der Waals surface area contributed by atoms with Crippen molar-refractivity contribution in [3.8, 4) is 0 Å². The molecule has 0 aliphatic carbocycles. The molecule has 0 saturated heterocycles. The molecule has 4 nitrogen and oxygen atoms in total. The van der Waals surface area contributed by atoms with Gasteiger partial charge in [0.05, 0.1) is 0 Å². The molecule has 2 aromatic rings. The van der Waals surface area contributed by atoms with Crippen LogP contribution in [0, 0.1) is 0 Å². The van der Waals surface area contributed by atoms with Gasteiger partial charge in [-0.25, -0.2) is 0 Å². The van der Waals surface area contributed by atoms with Crippen molar-refractivity contribution < 1.29 is 4.58 Å². The SMILES string of the molecule is CCN(CC)c1ccc(CN2C=[N+](Cc3ccc(N(CC)CC)cc3)CC2)cc1. The minimum atomic E-state index is 0.982. The van der Waals surface area contributed by atoms with Crippen molar-refractivity contribution >= 4 is 17.7 Å². The number of benzene rings is 2. The fourth-order valence-corrected chi connectivity index (χ4v) is 4.11. The van der Waals surface area contributed by atoms with Gasteiger partial charge in [-0.1, -0.05) is 24.3 Å². The molecule has 0 atom stereocenters. The maximum absolute atomic E-state index is 2.43. The van der Waals surface area contributed by atoms with Gasteiger partial charge in [0.25, 0.3) is 0 Å². The van der Waals surface area contributed by atoms with Crippen molar-refractivity contribution in [1.82, 2.24) is 4.90 Å². The summed E-state index contributed by atoms with van der Waals surface area (Å²) in [7, 11) is 0. The van der Waals surface area contributed by atoms with Crippen molar-refractivity contribution in [3.05, 3.63) is 59.7 Å². The van der Waals surface area contributed by atoms with Gasteiger partial charge in [0.2, 0.25) is 6.34 Å². The van der Waals surface area contributed by atoms with E-state index in [9.17, 15) is 0 Å². The second kappa shape index (κ2) is 10.3. The minimum Gasteiger partial charge on any atom is -0.372 e. The number of hydrogen-bond donors (Lipinski definition) is 0. The molecular weight excluding hydrogens is 356 g/mol. The second-order valence-electron chi connectivity index (χ2n) is 7.73. The van der Waals surface area contributed by atoms with Crippen LogP contribution in [0.3, 0.4) is 0 Å². The minimum absolute atomic E-state index is 0.982. The molecule has 0 fully saturated rings. The standard InChI is InChI=1S/C25H37N4/c1-5-28(6-2)24-13-9-22(10-14-24)19-26-17-18-27(21-26)20-23-11-15-25(16-12-23)29(7-3)8-4/h9-16,21H,5-8,17-20H2,1-4H3/q+1. The molecule has 1 heterocycles. The van der Waals surface area contributed by atoms with E-state index in [0.29, 0.717) is 0 Å². The van der Waals surface area contributed by atoms with E-state index in [-0.39, 0.29) is 0 Å². The Morgan fingerprint density at radius 3 is 1.69 bits per heavy atom. The highest BCUT2D eigenvalue weighted by Gasteiger charge is 2.19. The fraction of sp³-hybridized carbons (Fsp3) is 0.480. The number of anilines is 2. The van der Waals surface area contributed by atoms with Crippen LogP contribution < -0.4 is 9.80 Å². The first-order valence-corrected chi connectivity index (χ1v) is 11.2. The Hall–Kier alpha value is -2.49. The largest absolute Gasteiger partial charge is 0.372 e. The van der Waals surface area contributed by atoms with Crippen molar-refractivity contribution in [2.24, 2.45) is 0 Å². The van der Waals surface area contributed by atoms with Crippen LogP contribution in [0.2, 0.25) is 0 Å². The van der Waals surface area contributed by atoms with Gasteiger partial charge in [-0.3, -0.25) is 9.48 Å². The summed E-state index contributed by atoms with van der Waals surface area (Å²) in [4.78, 5) is 7.20. The Kier molecular flexibility index (Phi) is 7.56. The predicted octanol–water partition coefficient (Wildman–Crippen LogP) is 4.44. The van der Waals surface area contributed by atoms with E-state index in [0.717, 1.165) is 52.4 Å². The van der Waals surface area contributed by atoms with Crippen molar-refractivity contribution in [3.63, 3.8) is 0 Å². The van der Waals surface area contributed by atoms with Crippen LogP contribution in [0.1, 0.15) is 38.8 Å². The maximum atomic E-state index is 2.43. The zero-order chi connectivity index (χ0) is 20.6. The first-order valence-electron chi connectivity index (χ1n) is 11.2. The van der Waals surface area contributed by atoms with Crippen molar-refractivity contribution in [1.29, 1.82) is 0 Å².